The zero-order valence-corrected chi connectivity index (χ0v) is 14.7. The average molecular weight is 377 g/mol. The number of halogens is 3. The van der Waals surface area contributed by atoms with Crippen molar-refractivity contribution in [1.82, 2.24) is 14.5 Å². The van der Waals surface area contributed by atoms with Crippen molar-refractivity contribution >= 4 is 38.6 Å². The molecule has 1 heterocycles. The zero-order chi connectivity index (χ0) is 15.4. The smallest absolute Gasteiger partial charge is 0.139 e. The summed E-state index contributed by atoms with van der Waals surface area (Å²) in [5, 5.41) is 0. The zero-order valence-electron chi connectivity index (χ0n) is 12.4. The molecule has 0 fully saturated rings. The number of fused-ring (bicyclic) bond motifs is 1. The van der Waals surface area contributed by atoms with Crippen molar-refractivity contribution < 1.29 is 4.39 Å². The largest absolute Gasteiger partial charge is 0.327 e. The maximum atomic E-state index is 13.8. The minimum atomic E-state index is -0.270. The van der Waals surface area contributed by atoms with Gasteiger partial charge in [0.05, 0.1) is 21.4 Å². The number of alkyl halides is 1. The molecule has 21 heavy (non-hydrogen) atoms. The summed E-state index contributed by atoms with van der Waals surface area (Å²) in [7, 11) is 0. The lowest BCUT2D eigenvalue weighted by molar-refractivity contribution is 0.293. The highest BCUT2D eigenvalue weighted by atomic mass is 79.9. The van der Waals surface area contributed by atoms with E-state index < -0.39 is 0 Å². The molecule has 2 rings (SSSR count). The van der Waals surface area contributed by atoms with Crippen molar-refractivity contribution in [2.45, 2.75) is 32.7 Å². The first kappa shape index (κ1) is 16.7. The highest BCUT2D eigenvalue weighted by Crippen LogP contribution is 2.25. The lowest BCUT2D eigenvalue weighted by Gasteiger charge is -2.18. The van der Waals surface area contributed by atoms with E-state index in [0.717, 1.165) is 49.5 Å². The number of hydrogen-bond acceptors (Lipinski definition) is 2. The van der Waals surface area contributed by atoms with Crippen LogP contribution in [0, 0.1) is 5.82 Å². The molecule has 0 aliphatic heterocycles. The number of benzene rings is 1. The molecular weight excluding hydrogens is 357 g/mol. The Hall–Kier alpha value is -0.650. The molecule has 0 aliphatic carbocycles. The molecule has 0 spiro atoms. The predicted molar refractivity (Wildman–Crippen MR) is 89.4 cm³/mol. The van der Waals surface area contributed by atoms with Crippen LogP contribution in [-0.2, 0) is 12.4 Å². The Morgan fingerprint density at radius 3 is 2.67 bits per heavy atom. The Kier molecular flexibility index (Phi) is 6.02. The number of imidazole rings is 1. The van der Waals surface area contributed by atoms with Crippen molar-refractivity contribution in [3.63, 3.8) is 0 Å². The first-order valence-electron chi connectivity index (χ1n) is 7.23. The molecule has 1 aromatic carbocycles. The maximum absolute atomic E-state index is 13.8. The van der Waals surface area contributed by atoms with Crippen LogP contribution >= 0.6 is 27.5 Å². The van der Waals surface area contributed by atoms with Gasteiger partial charge >= 0.3 is 0 Å². The van der Waals surface area contributed by atoms with E-state index >= 15 is 0 Å². The van der Waals surface area contributed by atoms with Crippen LogP contribution in [0.5, 0.6) is 0 Å². The van der Waals surface area contributed by atoms with E-state index in [1.54, 1.807) is 6.07 Å². The molecule has 0 radical (unpaired) electrons. The summed E-state index contributed by atoms with van der Waals surface area (Å²) < 4.78 is 16.2. The van der Waals surface area contributed by atoms with Crippen molar-refractivity contribution in [1.29, 1.82) is 0 Å². The van der Waals surface area contributed by atoms with Crippen LogP contribution in [0.1, 0.15) is 26.1 Å². The third kappa shape index (κ3) is 3.76. The standard InChI is InChI=1S/C15H20BrClFN3/c1-3-20(4-2)6-5-7-21-14-9-12(18)11(16)8-13(14)19-15(21)10-17/h8-9H,3-7,10H2,1-2H3. The fourth-order valence-corrected chi connectivity index (χ4v) is 3.05. The van der Waals surface area contributed by atoms with Crippen LogP contribution in [0.15, 0.2) is 16.6 Å². The highest BCUT2D eigenvalue weighted by molar-refractivity contribution is 9.10. The first-order chi connectivity index (χ1) is 10.1. The molecule has 0 amide bonds. The van der Waals surface area contributed by atoms with Gasteiger partial charge in [0.2, 0.25) is 0 Å². The minimum absolute atomic E-state index is 0.270. The summed E-state index contributed by atoms with van der Waals surface area (Å²) in [6.45, 7) is 8.24. The summed E-state index contributed by atoms with van der Waals surface area (Å²) in [4.78, 5) is 6.86. The van der Waals surface area contributed by atoms with Crippen molar-refractivity contribution in [3.8, 4) is 0 Å². The predicted octanol–water partition coefficient (Wildman–Crippen LogP) is 4.41. The van der Waals surface area contributed by atoms with Crippen molar-refractivity contribution in [2.75, 3.05) is 19.6 Å². The molecule has 2 aromatic rings. The van der Waals surface area contributed by atoms with E-state index in [1.807, 2.05) is 4.57 Å². The third-order valence-corrected chi connectivity index (χ3v) is 4.59. The van der Waals surface area contributed by atoms with Gasteiger partial charge in [0.25, 0.3) is 0 Å². The Morgan fingerprint density at radius 1 is 1.33 bits per heavy atom. The van der Waals surface area contributed by atoms with Gasteiger partial charge in [0, 0.05) is 12.6 Å². The van der Waals surface area contributed by atoms with Crippen LogP contribution in [0.3, 0.4) is 0 Å². The van der Waals surface area contributed by atoms with Crippen LogP contribution in [-0.4, -0.2) is 34.1 Å². The second kappa shape index (κ2) is 7.56. The van der Waals surface area contributed by atoms with Gasteiger partial charge in [-0.3, -0.25) is 0 Å². The number of hydrogen-bond donors (Lipinski definition) is 0. The normalized spacial score (nSPS) is 11.7. The van der Waals surface area contributed by atoms with E-state index in [2.05, 4.69) is 39.7 Å². The van der Waals surface area contributed by atoms with Gasteiger partial charge in [-0.25, -0.2) is 9.37 Å². The van der Waals surface area contributed by atoms with Gasteiger partial charge in [-0.15, -0.1) is 11.6 Å². The number of aromatic nitrogens is 2. The van der Waals surface area contributed by atoms with Gasteiger partial charge in [-0.2, -0.15) is 0 Å². The molecule has 1 aromatic heterocycles. The number of nitrogens with zero attached hydrogens (tertiary/aromatic N) is 3. The topological polar surface area (TPSA) is 21.1 Å². The monoisotopic (exact) mass is 375 g/mol. The summed E-state index contributed by atoms with van der Waals surface area (Å²) in [6.07, 6.45) is 0.995. The van der Waals surface area contributed by atoms with Gasteiger partial charge in [-0.1, -0.05) is 13.8 Å². The number of rotatable bonds is 7. The Morgan fingerprint density at radius 2 is 2.05 bits per heavy atom. The first-order valence-corrected chi connectivity index (χ1v) is 8.55. The van der Waals surface area contributed by atoms with E-state index in [9.17, 15) is 4.39 Å². The minimum Gasteiger partial charge on any atom is -0.327 e. The second-order valence-corrected chi connectivity index (χ2v) is 6.07. The Labute approximate surface area is 138 Å². The molecule has 3 nitrogen and oxygen atoms in total. The molecule has 6 heteroatoms. The molecule has 0 saturated heterocycles. The van der Waals surface area contributed by atoms with Crippen molar-refractivity contribution in [3.05, 3.63) is 28.2 Å². The average Bonchev–Trinajstić information content (AvgIpc) is 2.81. The Bertz CT molecular complexity index is 610. The van der Waals surface area contributed by atoms with Crippen LogP contribution in [0.4, 0.5) is 4.39 Å². The molecule has 0 unspecified atom stereocenters. The molecule has 0 saturated carbocycles. The molecule has 0 N–H and O–H groups in total. The fourth-order valence-electron chi connectivity index (χ4n) is 2.51. The van der Waals surface area contributed by atoms with Gasteiger partial charge in [0.15, 0.2) is 0 Å². The van der Waals surface area contributed by atoms with Crippen molar-refractivity contribution in [2.24, 2.45) is 0 Å². The quantitative estimate of drug-likeness (QED) is 0.667. The summed E-state index contributed by atoms with van der Waals surface area (Å²) >= 11 is 9.18. The molecule has 0 aliphatic rings. The van der Waals surface area contributed by atoms with Crippen LogP contribution in [0.2, 0.25) is 0 Å². The molecule has 0 bridgehead atoms. The summed E-state index contributed by atoms with van der Waals surface area (Å²) in [5.41, 5.74) is 1.59. The highest BCUT2D eigenvalue weighted by Gasteiger charge is 2.13. The Balaban J connectivity index is 2.23. The van der Waals surface area contributed by atoms with Gasteiger partial charge in [-0.05, 0) is 48.1 Å². The molecule has 116 valence electrons. The summed E-state index contributed by atoms with van der Waals surface area (Å²) in [5.74, 6) is 0.858. The molecular formula is C15H20BrClFN3. The lowest BCUT2D eigenvalue weighted by atomic mass is 10.3. The summed E-state index contributed by atoms with van der Waals surface area (Å²) in [6, 6.07) is 3.24. The van der Waals surface area contributed by atoms with E-state index in [0.29, 0.717) is 10.4 Å². The van der Waals surface area contributed by atoms with E-state index in [4.69, 9.17) is 11.6 Å². The number of aryl methyl sites for hydroxylation is 1. The second-order valence-electron chi connectivity index (χ2n) is 4.95. The fraction of sp³-hybridized carbons (Fsp3) is 0.533. The van der Waals surface area contributed by atoms with E-state index in [-0.39, 0.29) is 5.82 Å². The van der Waals surface area contributed by atoms with Crippen LogP contribution < -0.4 is 0 Å². The van der Waals surface area contributed by atoms with E-state index in [1.165, 1.54) is 6.07 Å². The lowest BCUT2D eigenvalue weighted by Crippen LogP contribution is -2.25. The SMILES string of the molecule is CCN(CC)CCCn1c(CCl)nc2cc(Br)c(F)cc21. The third-order valence-electron chi connectivity index (χ3n) is 3.74. The van der Waals surface area contributed by atoms with Gasteiger partial charge in [0.1, 0.15) is 11.6 Å². The van der Waals surface area contributed by atoms with Crippen LogP contribution in [0.25, 0.3) is 11.0 Å². The maximum Gasteiger partial charge on any atom is 0.139 e. The molecule has 0 atom stereocenters. The van der Waals surface area contributed by atoms with Gasteiger partial charge < -0.3 is 9.47 Å².